The second-order valence-corrected chi connectivity index (χ2v) is 16.1. The number of carbonyl (C=O) groups excluding carboxylic acids is 2. The summed E-state index contributed by atoms with van der Waals surface area (Å²) >= 11 is 0. The summed E-state index contributed by atoms with van der Waals surface area (Å²) in [4.78, 5) is 24.4. The summed E-state index contributed by atoms with van der Waals surface area (Å²) < 4.78 is 6.07. The van der Waals surface area contributed by atoms with Crippen LogP contribution in [0, 0.1) is 45.8 Å². The lowest BCUT2D eigenvalue weighted by Gasteiger charge is -2.58. The standard InChI is InChI=1S/C35H56N2O3/c1-23(2)8-6-7-9-25-11-13-29-28-12-10-26-20-27(14-16-33(26,5)30(28)15-17-32(25,29)4)40-31(39)37-35-19-18-34(35,21-35)22-36-24(3)38/h10,23,25,27-30H,6-9,11-22H2,1-5H3,(H,36,38)(H,37,39)/t25-,27-,28?,29?,30?,32+,33-,34?,35?/m0/s1. The SMILES string of the molecule is CC(=O)NCC12CCC1(NC(=O)O[C@H]1CC[C@@]3(C)C(=CCC4C3CC[C@@]3(C)C4CC[C@@H]3CCCCC(C)C)C1)C2. The molecule has 2 N–H and O–H groups in total. The Morgan fingerprint density at radius 1 is 1.02 bits per heavy atom. The Balaban J connectivity index is 1.04. The molecule has 0 heterocycles. The van der Waals surface area contributed by atoms with Gasteiger partial charge in [-0.05, 0) is 111 Å². The molecule has 0 radical (unpaired) electrons. The molecule has 6 rings (SSSR count). The van der Waals surface area contributed by atoms with Crippen LogP contribution in [0.4, 0.5) is 4.79 Å². The highest BCUT2D eigenvalue weighted by atomic mass is 16.6. The van der Waals surface area contributed by atoms with Gasteiger partial charge in [0.15, 0.2) is 0 Å². The van der Waals surface area contributed by atoms with Crippen molar-refractivity contribution in [3.63, 3.8) is 0 Å². The van der Waals surface area contributed by atoms with Crippen LogP contribution in [0.3, 0.4) is 0 Å². The van der Waals surface area contributed by atoms with Gasteiger partial charge in [0.1, 0.15) is 6.10 Å². The largest absolute Gasteiger partial charge is 0.446 e. The van der Waals surface area contributed by atoms with Crippen molar-refractivity contribution in [3.8, 4) is 0 Å². The van der Waals surface area contributed by atoms with Gasteiger partial charge in [-0.3, -0.25) is 4.79 Å². The molecule has 5 fully saturated rings. The van der Waals surface area contributed by atoms with Crippen LogP contribution in [-0.2, 0) is 9.53 Å². The maximum atomic E-state index is 13.0. The Morgan fingerprint density at radius 2 is 1.85 bits per heavy atom. The summed E-state index contributed by atoms with van der Waals surface area (Å²) in [5.74, 6) is 4.32. The van der Waals surface area contributed by atoms with Gasteiger partial charge in [-0.15, -0.1) is 0 Å². The Kier molecular flexibility index (Phi) is 7.39. The fourth-order valence-electron chi connectivity index (χ4n) is 11.0. The fraction of sp³-hybridized carbons (Fsp3) is 0.886. The smallest absolute Gasteiger partial charge is 0.407 e. The molecule has 5 unspecified atom stereocenters. The molecule has 5 nitrogen and oxygen atoms in total. The number of carbonyl (C=O) groups is 2. The molecular formula is C35H56N2O3. The van der Waals surface area contributed by atoms with E-state index in [0.717, 1.165) is 68.1 Å². The summed E-state index contributed by atoms with van der Waals surface area (Å²) in [7, 11) is 0. The molecule has 0 spiro atoms. The van der Waals surface area contributed by atoms with Gasteiger partial charge in [-0.1, -0.05) is 58.6 Å². The van der Waals surface area contributed by atoms with Crippen LogP contribution in [0.1, 0.15) is 131 Å². The Hall–Kier alpha value is -1.52. The van der Waals surface area contributed by atoms with E-state index in [1.54, 1.807) is 12.5 Å². The van der Waals surface area contributed by atoms with E-state index in [1.807, 2.05) is 0 Å². The van der Waals surface area contributed by atoms with Crippen molar-refractivity contribution in [1.29, 1.82) is 0 Å². The molecule has 0 aromatic carbocycles. The van der Waals surface area contributed by atoms with Crippen molar-refractivity contribution in [1.82, 2.24) is 10.6 Å². The van der Waals surface area contributed by atoms with Crippen molar-refractivity contribution in [2.24, 2.45) is 45.8 Å². The molecule has 2 amide bonds. The summed E-state index contributed by atoms with van der Waals surface area (Å²) in [6.45, 7) is 12.2. The second-order valence-electron chi connectivity index (χ2n) is 16.1. The number of fused-ring (bicyclic) bond motifs is 6. The first kappa shape index (κ1) is 28.6. The minimum Gasteiger partial charge on any atom is -0.446 e. The zero-order valence-corrected chi connectivity index (χ0v) is 26.1. The number of hydrogen-bond donors (Lipinski definition) is 2. The third-order valence-electron chi connectivity index (χ3n) is 13.7. The number of ether oxygens (including phenoxy) is 1. The number of allylic oxidation sites excluding steroid dienone is 1. The van der Waals surface area contributed by atoms with Crippen LogP contribution in [0.2, 0.25) is 0 Å². The van der Waals surface area contributed by atoms with Crippen LogP contribution in [0.25, 0.3) is 0 Å². The molecule has 0 saturated heterocycles. The van der Waals surface area contributed by atoms with Crippen LogP contribution < -0.4 is 10.6 Å². The van der Waals surface area contributed by atoms with Gasteiger partial charge in [-0.25, -0.2) is 4.79 Å². The van der Waals surface area contributed by atoms with Gasteiger partial charge >= 0.3 is 6.09 Å². The first-order chi connectivity index (χ1) is 19.0. The van der Waals surface area contributed by atoms with Gasteiger partial charge in [0.05, 0.1) is 5.54 Å². The van der Waals surface area contributed by atoms with E-state index in [0.29, 0.717) is 12.0 Å². The Bertz CT molecular complexity index is 1040. The molecule has 0 aromatic heterocycles. The number of alkyl carbamates (subject to hydrolysis) is 1. The lowest BCUT2D eigenvalue weighted by Crippen LogP contribution is -2.52. The van der Waals surface area contributed by atoms with Crippen LogP contribution in [0.5, 0.6) is 0 Å². The van der Waals surface area contributed by atoms with Crippen LogP contribution in [-0.4, -0.2) is 30.2 Å². The van der Waals surface area contributed by atoms with E-state index in [1.165, 1.54) is 57.8 Å². The van der Waals surface area contributed by atoms with E-state index in [4.69, 9.17) is 4.74 Å². The second kappa shape index (κ2) is 10.3. The molecule has 40 heavy (non-hydrogen) atoms. The summed E-state index contributed by atoms with van der Waals surface area (Å²) in [5.41, 5.74) is 2.34. The average Bonchev–Trinajstić information content (AvgIpc) is 3.14. The minimum absolute atomic E-state index is 0.00495. The molecule has 6 aliphatic rings. The van der Waals surface area contributed by atoms with E-state index >= 15 is 0 Å². The van der Waals surface area contributed by atoms with E-state index < -0.39 is 0 Å². The summed E-state index contributed by atoms with van der Waals surface area (Å²) in [6.07, 6.45) is 21.0. The fourth-order valence-corrected chi connectivity index (χ4v) is 11.0. The maximum absolute atomic E-state index is 13.0. The normalized spacial score (nSPS) is 44.8. The first-order valence-electron chi connectivity index (χ1n) is 16.9. The van der Waals surface area contributed by atoms with Crippen LogP contribution in [0.15, 0.2) is 11.6 Å². The Morgan fingerprint density at radius 3 is 2.58 bits per heavy atom. The Labute approximate surface area is 243 Å². The van der Waals surface area contributed by atoms with Gasteiger partial charge in [-0.2, -0.15) is 0 Å². The molecule has 0 bridgehead atoms. The van der Waals surface area contributed by atoms with E-state index in [-0.39, 0.29) is 34.5 Å². The number of amides is 2. The zero-order chi connectivity index (χ0) is 28.3. The van der Waals surface area contributed by atoms with Crippen molar-refractivity contribution in [3.05, 3.63) is 11.6 Å². The lowest BCUT2D eigenvalue weighted by atomic mass is 9.47. The van der Waals surface area contributed by atoms with Gasteiger partial charge in [0.2, 0.25) is 5.91 Å². The zero-order valence-electron chi connectivity index (χ0n) is 26.1. The lowest BCUT2D eigenvalue weighted by molar-refractivity contribution is -0.119. The predicted molar refractivity (Wildman–Crippen MR) is 160 cm³/mol. The summed E-state index contributed by atoms with van der Waals surface area (Å²) in [5, 5.41) is 6.19. The molecule has 0 aliphatic heterocycles. The molecule has 6 aliphatic carbocycles. The number of nitrogens with one attached hydrogen (secondary N) is 2. The van der Waals surface area contributed by atoms with Gasteiger partial charge in [0, 0.05) is 25.3 Å². The van der Waals surface area contributed by atoms with Crippen molar-refractivity contribution in [2.75, 3.05) is 6.54 Å². The summed E-state index contributed by atoms with van der Waals surface area (Å²) in [6, 6.07) is 0. The topological polar surface area (TPSA) is 67.4 Å². The minimum atomic E-state index is -0.244. The number of hydrogen-bond acceptors (Lipinski definition) is 3. The van der Waals surface area contributed by atoms with Gasteiger partial charge < -0.3 is 15.4 Å². The van der Waals surface area contributed by atoms with E-state index in [2.05, 4.69) is 44.4 Å². The molecule has 224 valence electrons. The average molecular weight is 553 g/mol. The number of rotatable bonds is 9. The maximum Gasteiger partial charge on any atom is 0.407 e. The quantitative estimate of drug-likeness (QED) is 0.225. The highest BCUT2D eigenvalue weighted by molar-refractivity contribution is 5.73. The molecule has 5 heteroatoms. The molecule has 0 aromatic rings. The third kappa shape index (κ3) is 4.74. The first-order valence-corrected chi connectivity index (χ1v) is 16.9. The van der Waals surface area contributed by atoms with Crippen LogP contribution >= 0.6 is 0 Å². The highest BCUT2D eigenvalue weighted by Crippen LogP contribution is 2.70. The van der Waals surface area contributed by atoms with Crippen molar-refractivity contribution in [2.45, 2.75) is 143 Å². The molecule has 9 atom stereocenters. The third-order valence-corrected chi connectivity index (χ3v) is 13.7. The highest BCUT2D eigenvalue weighted by Gasteiger charge is 2.74. The molecular weight excluding hydrogens is 496 g/mol. The van der Waals surface area contributed by atoms with Crippen molar-refractivity contribution >= 4 is 12.0 Å². The number of unbranched alkanes of at least 4 members (excludes halogenated alkanes) is 1. The molecule has 5 saturated carbocycles. The predicted octanol–water partition coefficient (Wildman–Crippen LogP) is 7.94. The monoisotopic (exact) mass is 552 g/mol. The van der Waals surface area contributed by atoms with Gasteiger partial charge in [0.25, 0.3) is 0 Å². The van der Waals surface area contributed by atoms with E-state index in [9.17, 15) is 9.59 Å². The van der Waals surface area contributed by atoms with Crippen molar-refractivity contribution < 1.29 is 14.3 Å².